The smallest absolute Gasteiger partial charge is 0.0124 e. The number of allylic oxidation sites excluding steroid dienone is 7. The highest BCUT2D eigenvalue weighted by molar-refractivity contribution is 5.53. The molecule has 0 aromatic carbocycles. The zero-order valence-electron chi connectivity index (χ0n) is 5.88. The molecule has 0 spiro atoms. The van der Waals surface area contributed by atoms with Gasteiger partial charge < -0.3 is 0 Å². The van der Waals surface area contributed by atoms with Crippen LogP contribution in [0.25, 0.3) is 0 Å². The molecule has 0 saturated carbocycles. The maximum atomic E-state index is 3.74. The summed E-state index contributed by atoms with van der Waals surface area (Å²) in [5.41, 5.74) is 2.91. The molecule has 2 aliphatic rings. The van der Waals surface area contributed by atoms with Gasteiger partial charge in [-0.05, 0) is 17.6 Å². The van der Waals surface area contributed by atoms with E-state index in [1.165, 1.54) is 11.1 Å². The molecule has 0 aromatic heterocycles. The first-order valence-corrected chi connectivity index (χ1v) is 3.62. The van der Waals surface area contributed by atoms with Crippen molar-refractivity contribution in [3.05, 3.63) is 48.1 Å². The quantitative estimate of drug-likeness (QED) is 0.504. The molecular weight excluding hydrogens is 120 g/mol. The minimum atomic E-state index is 0.650. The molecule has 0 unspecified atom stereocenters. The summed E-state index contributed by atoms with van der Waals surface area (Å²) in [5.74, 6) is 0.650. The Kier molecular flexibility index (Phi) is 1.13. The first-order valence-electron chi connectivity index (χ1n) is 3.62. The van der Waals surface area contributed by atoms with Crippen LogP contribution in [0.15, 0.2) is 48.1 Å². The normalized spacial score (nSPS) is 21.2. The van der Waals surface area contributed by atoms with Gasteiger partial charge in [0.1, 0.15) is 0 Å². The Morgan fingerprint density at radius 3 is 2.30 bits per heavy atom. The second-order valence-electron chi connectivity index (χ2n) is 2.74. The van der Waals surface area contributed by atoms with E-state index in [1.807, 2.05) is 6.08 Å². The summed E-state index contributed by atoms with van der Waals surface area (Å²) < 4.78 is 0. The van der Waals surface area contributed by atoms with Crippen molar-refractivity contribution in [1.82, 2.24) is 0 Å². The van der Waals surface area contributed by atoms with Crippen LogP contribution in [0, 0.1) is 5.92 Å². The number of fused-ring (bicyclic) bond motifs is 2. The highest BCUT2D eigenvalue weighted by Gasteiger charge is 2.22. The van der Waals surface area contributed by atoms with Gasteiger partial charge in [-0.25, -0.2) is 0 Å². The molecule has 0 amide bonds. The van der Waals surface area contributed by atoms with E-state index in [2.05, 4.69) is 30.9 Å². The SMILES string of the molecule is C=CCC1C2=CC=C1C=C2. The van der Waals surface area contributed by atoms with Gasteiger partial charge in [-0.15, -0.1) is 6.58 Å². The fourth-order valence-corrected chi connectivity index (χ4v) is 1.59. The average molecular weight is 130 g/mol. The van der Waals surface area contributed by atoms with Gasteiger partial charge in [0.25, 0.3) is 0 Å². The summed E-state index contributed by atoms with van der Waals surface area (Å²) in [5, 5.41) is 0. The fourth-order valence-electron chi connectivity index (χ4n) is 1.59. The fraction of sp³-hybridized carbons (Fsp3) is 0.200. The van der Waals surface area contributed by atoms with Crippen LogP contribution in [0.3, 0.4) is 0 Å². The van der Waals surface area contributed by atoms with E-state index in [-0.39, 0.29) is 0 Å². The minimum Gasteiger partial charge on any atom is -0.103 e. The summed E-state index contributed by atoms with van der Waals surface area (Å²) >= 11 is 0. The van der Waals surface area contributed by atoms with Gasteiger partial charge >= 0.3 is 0 Å². The molecule has 2 aliphatic carbocycles. The highest BCUT2D eigenvalue weighted by atomic mass is 14.3. The van der Waals surface area contributed by atoms with Crippen molar-refractivity contribution in [1.29, 1.82) is 0 Å². The summed E-state index contributed by atoms with van der Waals surface area (Å²) in [6, 6.07) is 0. The molecule has 0 fully saturated rings. The topological polar surface area (TPSA) is 0 Å². The molecule has 0 nitrogen and oxygen atoms in total. The van der Waals surface area contributed by atoms with Gasteiger partial charge in [-0.3, -0.25) is 0 Å². The van der Waals surface area contributed by atoms with Crippen LogP contribution in [-0.4, -0.2) is 0 Å². The lowest BCUT2D eigenvalue weighted by Gasteiger charge is -2.05. The van der Waals surface area contributed by atoms with Crippen molar-refractivity contribution < 1.29 is 0 Å². The Morgan fingerprint density at radius 1 is 1.30 bits per heavy atom. The highest BCUT2D eigenvalue weighted by Crippen LogP contribution is 2.37. The Balaban J connectivity index is 2.25. The molecule has 2 bridgehead atoms. The second-order valence-corrected chi connectivity index (χ2v) is 2.74. The lowest BCUT2D eigenvalue weighted by Crippen LogP contribution is -1.93. The van der Waals surface area contributed by atoms with Gasteiger partial charge in [-0.2, -0.15) is 0 Å². The third-order valence-corrected chi connectivity index (χ3v) is 2.14. The molecule has 10 heavy (non-hydrogen) atoms. The van der Waals surface area contributed by atoms with E-state index in [0.717, 1.165) is 6.42 Å². The van der Waals surface area contributed by atoms with E-state index in [4.69, 9.17) is 0 Å². The van der Waals surface area contributed by atoms with Crippen molar-refractivity contribution in [3.63, 3.8) is 0 Å². The molecule has 0 aliphatic heterocycles. The molecular formula is C10H10. The molecule has 0 radical (unpaired) electrons. The Hall–Kier alpha value is -1.04. The maximum absolute atomic E-state index is 3.74. The van der Waals surface area contributed by atoms with Crippen LogP contribution in [-0.2, 0) is 0 Å². The summed E-state index contributed by atoms with van der Waals surface area (Å²) in [6.07, 6.45) is 11.9. The van der Waals surface area contributed by atoms with E-state index in [1.54, 1.807) is 0 Å². The molecule has 2 rings (SSSR count). The molecule has 0 saturated heterocycles. The second kappa shape index (κ2) is 1.98. The Bertz CT molecular complexity index is 229. The van der Waals surface area contributed by atoms with Gasteiger partial charge in [-0.1, -0.05) is 30.4 Å². The van der Waals surface area contributed by atoms with Gasteiger partial charge in [0.15, 0.2) is 0 Å². The van der Waals surface area contributed by atoms with E-state index >= 15 is 0 Å². The molecule has 0 atom stereocenters. The maximum Gasteiger partial charge on any atom is 0.0124 e. The zero-order chi connectivity index (χ0) is 6.97. The monoisotopic (exact) mass is 130 g/mol. The number of hydrogen-bond donors (Lipinski definition) is 0. The van der Waals surface area contributed by atoms with Gasteiger partial charge in [0, 0.05) is 5.92 Å². The molecule has 50 valence electrons. The van der Waals surface area contributed by atoms with Crippen LogP contribution in [0.4, 0.5) is 0 Å². The number of hydrogen-bond acceptors (Lipinski definition) is 0. The predicted octanol–water partition coefficient (Wildman–Crippen LogP) is 2.61. The van der Waals surface area contributed by atoms with Crippen LogP contribution >= 0.6 is 0 Å². The van der Waals surface area contributed by atoms with Crippen molar-refractivity contribution in [3.8, 4) is 0 Å². The van der Waals surface area contributed by atoms with Crippen molar-refractivity contribution in [2.45, 2.75) is 6.42 Å². The first kappa shape index (κ1) is 5.72. The first-order chi connectivity index (χ1) is 4.92. The van der Waals surface area contributed by atoms with Gasteiger partial charge in [0.2, 0.25) is 0 Å². The van der Waals surface area contributed by atoms with Crippen LogP contribution in [0.2, 0.25) is 0 Å². The van der Waals surface area contributed by atoms with E-state index in [9.17, 15) is 0 Å². The third kappa shape index (κ3) is 0.621. The zero-order valence-corrected chi connectivity index (χ0v) is 5.88. The Labute approximate surface area is 61.3 Å². The average Bonchev–Trinajstić information content (AvgIpc) is 2.50. The summed E-state index contributed by atoms with van der Waals surface area (Å²) in [4.78, 5) is 0. The van der Waals surface area contributed by atoms with Gasteiger partial charge in [0.05, 0.1) is 0 Å². The van der Waals surface area contributed by atoms with Crippen LogP contribution in [0.1, 0.15) is 6.42 Å². The summed E-state index contributed by atoms with van der Waals surface area (Å²) in [6.45, 7) is 3.74. The van der Waals surface area contributed by atoms with Crippen LogP contribution < -0.4 is 0 Å². The molecule has 0 heteroatoms. The minimum absolute atomic E-state index is 0.650. The molecule has 0 heterocycles. The van der Waals surface area contributed by atoms with E-state index in [0.29, 0.717) is 5.92 Å². The Morgan fingerprint density at radius 2 is 1.90 bits per heavy atom. The number of rotatable bonds is 2. The standard InChI is InChI=1S/C10H10/c1-2-3-10-8-4-5-9(10)7-6-8/h2,4-7,10H,1,3H2. The lowest BCUT2D eigenvalue weighted by atomic mass is 9.99. The van der Waals surface area contributed by atoms with Crippen molar-refractivity contribution in [2.75, 3.05) is 0 Å². The molecule has 0 N–H and O–H groups in total. The predicted molar refractivity (Wildman–Crippen MR) is 43.6 cm³/mol. The van der Waals surface area contributed by atoms with E-state index < -0.39 is 0 Å². The van der Waals surface area contributed by atoms with Crippen molar-refractivity contribution >= 4 is 0 Å². The largest absolute Gasteiger partial charge is 0.103 e. The van der Waals surface area contributed by atoms with Crippen molar-refractivity contribution in [2.24, 2.45) is 5.92 Å². The summed E-state index contributed by atoms with van der Waals surface area (Å²) in [7, 11) is 0. The third-order valence-electron chi connectivity index (χ3n) is 2.14. The molecule has 0 aromatic rings. The lowest BCUT2D eigenvalue weighted by molar-refractivity contribution is 0.798. The van der Waals surface area contributed by atoms with Crippen LogP contribution in [0.5, 0.6) is 0 Å².